The highest BCUT2D eigenvalue weighted by atomic mass is 15.1. The summed E-state index contributed by atoms with van der Waals surface area (Å²) in [6, 6.07) is 8.67. The average molecular weight is 290 g/mol. The van der Waals surface area contributed by atoms with Crippen LogP contribution in [0.5, 0.6) is 0 Å². The summed E-state index contributed by atoms with van der Waals surface area (Å²) in [4.78, 5) is 6.47. The minimum Gasteiger partial charge on any atom is -0.378 e. The van der Waals surface area contributed by atoms with E-state index in [1.165, 1.54) is 11.3 Å². The van der Waals surface area contributed by atoms with Crippen LogP contribution in [0.1, 0.15) is 32.3 Å². The summed E-state index contributed by atoms with van der Waals surface area (Å²) in [6.07, 6.45) is 3.18. The van der Waals surface area contributed by atoms with E-state index in [1.54, 1.807) is 0 Å². The van der Waals surface area contributed by atoms with Gasteiger partial charge in [-0.15, -0.1) is 0 Å². The second kappa shape index (κ2) is 9.27. The molecule has 0 saturated heterocycles. The van der Waals surface area contributed by atoms with Crippen LogP contribution in [-0.2, 0) is 6.42 Å². The van der Waals surface area contributed by atoms with Crippen molar-refractivity contribution in [2.24, 2.45) is 16.6 Å². The SMILES string of the molecule is CC(C)CCNC(N)=NCCCc1ccc(N(C)C)cc1. The van der Waals surface area contributed by atoms with E-state index >= 15 is 0 Å². The van der Waals surface area contributed by atoms with Crippen LogP contribution >= 0.6 is 0 Å². The monoisotopic (exact) mass is 290 g/mol. The molecule has 0 fully saturated rings. The van der Waals surface area contributed by atoms with Gasteiger partial charge in [0.25, 0.3) is 0 Å². The number of nitrogens with one attached hydrogen (secondary N) is 1. The molecule has 21 heavy (non-hydrogen) atoms. The van der Waals surface area contributed by atoms with Gasteiger partial charge < -0.3 is 16.0 Å². The molecule has 1 aromatic rings. The predicted molar refractivity (Wildman–Crippen MR) is 93.0 cm³/mol. The number of guanidine groups is 1. The smallest absolute Gasteiger partial charge is 0.188 e. The molecule has 0 aliphatic rings. The van der Waals surface area contributed by atoms with E-state index < -0.39 is 0 Å². The second-order valence-electron chi connectivity index (χ2n) is 6.04. The van der Waals surface area contributed by atoms with Crippen LogP contribution in [0.15, 0.2) is 29.3 Å². The Labute approximate surface area is 129 Å². The van der Waals surface area contributed by atoms with E-state index in [-0.39, 0.29) is 0 Å². The first kappa shape index (κ1) is 17.3. The van der Waals surface area contributed by atoms with Crippen LogP contribution < -0.4 is 16.0 Å². The summed E-state index contributed by atoms with van der Waals surface area (Å²) < 4.78 is 0. The maximum absolute atomic E-state index is 5.83. The van der Waals surface area contributed by atoms with Crippen LogP contribution in [0.2, 0.25) is 0 Å². The lowest BCUT2D eigenvalue weighted by Gasteiger charge is -2.12. The molecule has 0 heterocycles. The Morgan fingerprint density at radius 2 is 1.90 bits per heavy atom. The van der Waals surface area contributed by atoms with Crippen molar-refractivity contribution in [3.8, 4) is 0 Å². The van der Waals surface area contributed by atoms with Gasteiger partial charge in [-0.1, -0.05) is 26.0 Å². The zero-order valence-electron chi connectivity index (χ0n) is 13.9. The average Bonchev–Trinajstić information content (AvgIpc) is 2.43. The standard InChI is InChI=1S/C17H30N4/c1-14(2)11-13-20-17(18)19-12-5-6-15-7-9-16(10-8-15)21(3)4/h7-10,14H,5-6,11-13H2,1-4H3,(H3,18,19,20). The molecule has 118 valence electrons. The first-order chi connectivity index (χ1) is 9.99. The number of hydrogen-bond donors (Lipinski definition) is 2. The zero-order chi connectivity index (χ0) is 15.7. The highest BCUT2D eigenvalue weighted by molar-refractivity contribution is 5.77. The van der Waals surface area contributed by atoms with Crippen LogP contribution in [0, 0.1) is 5.92 Å². The molecule has 0 aliphatic carbocycles. The van der Waals surface area contributed by atoms with Gasteiger partial charge in [0, 0.05) is 32.9 Å². The number of nitrogens with zero attached hydrogens (tertiary/aromatic N) is 2. The van der Waals surface area contributed by atoms with Gasteiger partial charge in [-0.3, -0.25) is 4.99 Å². The number of anilines is 1. The van der Waals surface area contributed by atoms with Gasteiger partial charge in [0.05, 0.1) is 0 Å². The fourth-order valence-corrected chi connectivity index (χ4v) is 1.99. The lowest BCUT2D eigenvalue weighted by atomic mass is 10.1. The van der Waals surface area contributed by atoms with Crippen LogP contribution in [0.3, 0.4) is 0 Å². The Bertz CT molecular complexity index is 421. The predicted octanol–water partition coefficient (Wildman–Crippen LogP) is 2.64. The van der Waals surface area contributed by atoms with Gasteiger partial charge in [0.15, 0.2) is 5.96 Å². The Balaban J connectivity index is 2.23. The quantitative estimate of drug-likeness (QED) is 0.440. The first-order valence-corrected chi connectivity index (χ1v) is 7.79. The number of aryl methyl sites for hydroxylation is 1. The summed E-state index contributed by atoms with van der Waals surface area (Å²) in [5.74, 6) is 1.26. The Morgan fingerprint density at radius 1 is 1.24 bits per heavy atom. The van der Waals surface area contributed by atoms with Crippen molar-refractivity contribution in [3.05, 3.63) is 29.8 Å². The number of nitrogens with two attached hydrogens (primary N) is 1. The number of aliphatic imine (C=N–C) groups is 1. The van der Waals surface area contributed by atoms with E-state index in [4.69, 9.17) is 5.73 Å². The molecule has 1 rings (SSSR count). The molecule has 3 N–H and O–H groups in total. The molecular formula is C17H30N4. The molecule has 0 aromatic heterocycles. The van der Waals surface area contributed by atoms with E-state index in [0.29, 0.717) is 11.9 Å². The van der Waals surface area contributed by atoms with Gasteiger partial charge in [0.1, 0.15) is 0 Å². The normalized spacial score (nSPS) is 11.8. The zero-order valence-corrected chi connectivity index (χ0v) is 13.9. The van der Waals surface area contributed by atoms with Crippen LogP contribution in [0.4, 0.5) is 5.69 Å². The van der Waals surface area contributed by atoms with E-state index in [1.807, 2.05) is 0 Å². The number of rotatable bonds is 8. The molecule has 0 spiro atoms. The van der Waals surface area contributed by atoms with Gasteiger partial charge in [-0.25, -0.2) is 0 Å². The molecule has 0 amide bonds. The van der Waals surface area contributed by atoms with E-state index in [2.05, 4.69) is 67.4 Å². The topological polar surface area (TPSA) is 53.6 Å². The molecule has 0 radical (unpaired) electrons. The highest BCUT2D eigenvalue weighted by Crippen LogP contribution is 2.13. The van der Waals surface area contributed by atoms with Crippen molar-refractivity contribution < 1.29 is 0 Å². The summed E-state index contributed by atoms with van der Waals surface area (Å²) in [5, 5.41) is 3.15. The minimum absolute atomic E-state index is 0.568. The van der Waals surface area contributed by atoms with Crippen LogP contribution in [0.25, 0.3) is 0 Å². The Morgan fingerprint density at radius 3 is 2.48 bits per heavy atom. The maximum atomic E-state index is 5.83. The van der Waals surface area contributed by atoms with Crippen molar-refractivity contribution in [1.82, 2.24) is 5.32 Å². The first-order valence-electron chi connectivity index (χ1n) is 7.79. The Kier molecular flexibility index (Phi) is 7.65. The summed E-state index contributed by atoms with van der Waals surface area (Å²) in [5.41, 5.74) is 8.41. The lowest BCUT2D eigenvalue weighted by Crippen LogP contribution is -2.33. The van der Waals surface area contributed by atoms with Crippen molar-refractivity contribution >= 4 is 11.6 Å². The molecule has 0 bridgehead atoms. The maximum Gasteiger partial charge on any atom is 0.188 e. The summed E-state index contributed by atoms with van der Waals surface area (Å²) >= 11 is 0. The molecule has 0 saturated carbocycles. The molecule has 0 unspecified atom stereocenters. The van der Waals surface area contributed by atoms with Gasteiger partial charge in [-0.05, 0) is 42.9 Å². The highest BCUT2D eigenvalue weighted by Gasteiger charge is 1.97. The molecular weight excluding hydrogens is 260 g/mol. The lowest BCUT2D eigenvalue weighted by molar-refractivity contribution is 0.576. The summed E-state index contributed by atoms with van der Waals surface area (Å²) in [6.45, 7) is 6.09. The van der Waals surface area contributed by atoms with Crippen molar-refractivity contribution in [1.29, 1.82) is 0 Å². The van der Waals surface area contributed by atoms with Crippen LogP contribution in [-0.4, -0.2) is 33.1 Å². The summed E-state index contributed by atoms with van der Waals surface area (Å²) in [7, 11) is 4.11. The molecule has 4 heteroatoms. The number of hydrogen-bond acceptors (Lipinski definition) is 2. The molecule has 0 aliphatic heterocycles. The Hall–Kier alpha value is -1.71. The third-order valence-corrected chi connectivity index (χ3v) is 3.39. The molecule has 0 atom stereocenters. The van der Waals surface area contributed by atoms with Gasteiger partial charge >= 0.3 is 0 Å². The van der Waals surface area contributed by atoms with Crippen molar-refractivity contribution in [2.75, 3.05) is 32.1 Å². The molecule has 1 aromatic carbocycles. The minimum atomic E-state index is 0.568. The fourth-order valence-electron chi connectivity index (χ4n) is 1.99. The largest absolute Gasteiger partial charge is 0.378 e. The van der Waals surface area contributed by atoms with Crippen molar-refractivity contribution in [3.63, 3.8) is 0 Å². The third-order valence-electron chi connectivity index (χ3n) is 3.39. The van der Waals surface area contributed by atoms with Gasteiger partial charge in [0.2, 0.25) is 0 Å². The second-order valence-corrected chi connectivity index (χ2v) is 6.04. The third kappa shape index (κ3) is 7.59. The molecule has 4 nitrogen and oxygen atoms in total. The van der Waals surface area contributed by atoms with Crippen molar-refractivity contribution in [2.45, 2.75) is 33.1 Å². The number of benzene rings is 1. The fraction of sp³-hybridized carbons (Fsp3) is 0.588. The van der Waals surface area contributed by atoms with Gasteiger partial charge in [-0.2, -0.15) is 0 Å². The van der Waals surface area contributed by atoms with E-state index in [9.17, 15) is 0 Å². The van der Waals surface area contributed by atoms with E-state index in [0.717, 1.165) is 32.4 Å².